The zero-order valence-corrected chi connectivity index (χ0v) is 15.6. The van der Waals surface area contributed by atoms with Gasteiger partial charge in [0.2, 0.25) is 0 Å². The van der Waals surface area contributed by atoms with Gasteiger partial charge in [0.15, 0.2) is 0 Å². The maximum absolute atomic E-state index is 9.71. The second kappa shape index (κ2) is 10.2. The third-order valence-corrected chi connectivity index (χ3v) is 4.63. The van der Waals surface area contributed by atoms with Crippen molar-refractivity contribution in [2.24, 2.45) is 17.8 Å². The number of aliphatic hydroxyl groups is 2. The molecule has 4 unspecified atom stereocenters. The molecule has 1 aliphatic rings. The molecule has 0 aromatic heterocycles. The third-order valence-electron chi connectivity index (χ3n) is 4.63. The van der Waals surface area contributed by atoms with E-state index in [1.54, 1.807) is 13.0 Å². The van der Waals surface area contributed by atoms with E-state index in [-0.39, 0.29) is 6.10 Å². The van der Waals surface area contributed by atoms with Crippen molar-refractivity contribution in [2.75, 3.05) is 0 Å². The minimum atomic E-state index is -0.702. The van der Waals surface area contributed by atoms with Crippen LogP contribution in [0.25, 0.3) is 0 Å². The number of hydrogen-bond donors (Lipinski definition) is 2. The van der Waals surface area contributed by atoms with Gasteiger partial charge in [-0.15, -0.1) is 6.58 Å². The second-order valence-corrected chi connectivity index (χ2v) is 7.77. The van der Waals surface area contributed by atoms with Crippen LogP contribution in [0, 0.1) is 17.8 Å². The molecule has 130 valence electrons. The van der Waals surface area contributed by atoms with Crippen molar-refractivity contribution in [3.63, 3.8) is 0 Å². The van der Waals surface area contributed by atoms with E-state index in [0.29, 0.717) is 11.8 Å². The Labute approximate surface area is 138 Å². The number of hydrogen-bond acceptors (Lipinski definition) is 2. The first kappa shape index (κ1) is 21.4. The molecule has 0 saturated heterocycles. The third kappa shape index (κ3) is 9.42. The van der Waals surface area contributed by atoms with Crippen molar-refractivity contribution < 1.29 is 10.2 Å². The fraction of sp³-hybridized carbons (Fsp3) is 0.800. The molecule has 0 radical (unpaired) electrons. The van der Waals surface area contributed by atoms with E-state index in [0.717, 1.165) is 25.2 Å². The fourth-order valence-corrected chi connectivity index (χ4v) is 2.91. The first-order valence-electron chi connectivity index (χ1n) is 8.76. The maximum Gasteiger partial charge on any atom is 0.0800 e. The molecule has 1 aliphatic carbocycles. The van der Waals surface area contributed by atoms with Gasteiger partial charge in [-0.3, -0.25) is 0 Å². The van der Waals surface area contributed by atoms with Crippen molar-refractivity contribution in [3.8, 4) is 0 Å². The minimum absolute atomic E-state index is 0.0289. The second-order valence-electron chi connectivity index (χ2n) is 7.77. The SMILES string of the molecule is C=CC(C)(O)CCC=C(C)C.CC1CCC(C(C)C)C(O)C1. The van der Waals surface area contributed by atoms with Gasteiger partial charge >= 0.3 is 0 Å². The molecule has 22 heavy (non-hydrogen) atoms. The largest absolute Gasteiger partial charge is 0.393 e. The number of rotatable bonds is 5. The lowest BCUT2D eigenvalue weighted by Gasteiger charge is -2.33. The maximum atomic E-state index is 9.71. The monoisotopic (exact) mass is 310 g/mol. The van der Waals surface area contributed by atoms with E-state index in [1.165, 1.54) is 18.4 Å². The van der Waals surface area contributed by atoms with Crippen LogP contribution in [0.1, 0.15) is 73.6 Å². The summed E-state index contributed by atoms with van der Waals surface area (Å²) in [7, 11) is 0. The molecule has 2 heteroatoms. The molecule has 2 nitrogen and oxygen atoms in total. The van der Waals surface area contributed by atoms with Gasteiger partial charge in [0, 0.05) is 0 Å². The Morgan fingerprint density at radius 1 is 1.32 bits per heavy atom. The van der Waals surface area contributed by atoms with Crippen LogP contribution in [-0.2, 0) is 0 Å². The van der Waals surface area contributed by atoms with Crippen LogP contribution < -0.4 is 0 Å². The predicted octanol–water partition coefficient (Wildman–Crippen LogP) is 5.11. The van der Waals surface area contributed by atoms with Gasteiger partial charge in [-0.25, -0.2) is 0 Å². The molecule has 0 aromatic carbocycles. The van der Waals surface area contributed by atoms with Crippen LogP contribution in [0.15, 0.2) is 24.3 Å². The van der Waals surface area contributed by atoms with Crippen LogP contribution in [0.4, 0.5) is 0 Å². The highest BCUT2D eigenvalue weighted by Crippen LogP contribution is 2.33. The van der Waals surface area contributed by atoms with E-state index in [1.807, 2.05) is 0 Å². The Balaban J connectivity index is 0.000000401. The summed E-state index contributed by atoms with van der Waals surface area (Å²) >= 11 is 0. The van der Waals surface area contributed by atoms with Gasteiger partial charge in [0.25, 0.3) is 0 Å². The first-order chi connectivity index (χ1) is 10.1. The molecule has 1 rings (SSSR count). The zero-order valence-electron chi connectivity index (χ0n) is 15.6. The smallest absolute Gasteiger partial charge is 0.0800 e. The summed E-state index contributed by atoms with van der Waals surface area (Å²) < 4.78 is 0. The number of aliphatic hydroxyl groups excluding tert-OH is 1. The van der Waals surface area contributed by atoms with Crippen LogP contribution in [0.3, 0.4) is 0 Å². The molecule has 0 aromatic rings. The Morgan fingerprint density at radius 2 is 1.91 bits per heavy atom. The van der Waals surface area contributed by atoms with Crippen LogP contribution in [-0.4, -0.2) is 21.9 Å². The highest BCUT2D eigenvalue weighted by atomic mass is 16.3. The van der Waals surface area contributed by atoms with Crippen molar-refractivity contribution in [1.82, 2.24) is 0 Å². The lowest BCUT2D eigenvalue weighted by Crippen LogP contribution is -2.31. The summed E-state index contributed by atoms with van der Waals surface area (Å²) in [4.78, 5) is 0. The van der Waals surface area contributed by atoms with Crippen LogP contribution in [0.5, 0.6) is 0 Å². The zero-order chi connectivity index (χ0) is 17.3. The van der Waals surface area contributed by atoms with Crippen molar-refractivity contribution in [1.29, 1.82) is 0 Å². The molecule has 2 N–H and O–H groups in total. The normalized spacial score (nSPS) is 27.4. The van der Waals surface area contributed by atoms with Crippen molar-refractivity contribution in [3.05, 3.63) is 24.3 Å². The molecule has 1 saturated carbocycles. The fourth-order valence-electron chi connectivity index (χ4n) is 2.91. The summed E-state index contributed by atoms with van der Waals surface area (Å²) in [5, 5.41) is 19.2. The summed E-state index contributed by atoms with van der Waals surface area (Å²) in [6, 6.07) is 0. The molecule has 0 spiro atoms. The summed E-state index contributed by atoms with van der Waals surface area (Å²) in [6.45, 7) is 16.1. The Kier molecular flexibility index (Phi) is 9.95. The van der Waals surface area contributed by atoms with Crippen LogP contribution >= 0.6 is 0 Å². The molecule has 0 amide bonds. The molecule has 0 bridgehead atoms. The quantitative estimate of drug-likeness (QED) is 0.693. The molecule has 0 aliphatic heterocycles. The Hall–Kier alpha value is -0.600. The Bertz CT molecular complexity index is 338. The van der Waals surface area contributed by atoms with Gasteiger partial charge in [0.1, 0.15) is 0 Å². The lowest BCUT2D eigenvalue weighted by atomic mass is 9.75. The summed E-state index contributed by atoms with van der Waals surface area (Å²) in [5.41, 5.74) is 0.594. The van der Waals surface area contributed by atoms with E-state index >= 15 is 0 Å². The minimum Gasteiger partial charge on any atom is -0.393 e. The van der Waals surface area contributed by atoms with E-state index in [2.05, 4.69) is 47.3 Å². The molecule has 4 atom stereocenters. The average molecular weight is 311 g/mol. The number of allylic oxidation sites excluding steroid dienone is 2. The van der Waals surface area contributed by atoms with Crippen LogP contribution in [0.2, 0.25) is 0 Å². The topological polar surface area (TPSA) is 40.5 Å². The van der Waals surface area contributed by atoms with E-state index < -0.39 is 5.60 Å². The highest BCUT2D eigenvalue weighted by molar-refractivity contribution is 4.97. The van der Waals surface area contributed by atoms with Crippen molar-refractivity contribution in [2.45, 2.75) is 85.4 Å². The van der Waals surface area contributed by atoms with E-state index in [9.17, 15) is 10.2 Å². The van der Waals surface area contributed by atoms with Gasteiger partial charge in [-0.2, -0.15) is 0 Å². The molecular weight excluding hydrogens is 272 g/mol. The van der Waals surface area contributed by atoms with Gasteiger partial charge in [0.05, 0.1) is 11.7 Å². The van der Waals surface area contributed by atoms with Crippen molar-refractivity contribution >= 4 is 0 Å². The predicted molar refractivity (Wildman–Crippen MR) is 96.8 cm³/mol. The van der Waals surface area contributed by atoms with E-state index in [4.69, 9.17) is 0 Å². The summed E-state index contributed by atoms with van der Waals surface area (Å²) in [5.74, 6) is 1.95. The Morgan fingerprint density at radius 3 is 2.32 bits per heavy atom. The molecule has 0 heterocycles. The highest BCUT2D eigenvalue weighted by Gasteiger charge is 2.28. The summed E-state index contributed by atoms with van der Waals surface area (Å²) in [6.07, 6.45) is 8.90. The lowest BCUT2D eigenvalue weighted by molar-refractivity contribution is 0.0266. The van der Waals surface area contributed by atoms with Gasteiger partial charge < -0.3 is 10.2 Å². The van der Waals surface area contributed by atoms with Gasteiger partial charge in [-0.1, -0.05) is 44.9 Å². The molecule has 1 fully saturated rings. The molecular formula is C20H38O2. The standard InChI is InChI=1S/C10H20O.C10H18O/c1-7(2)9-5-4-8(3)6-10(9)11;1-5-10(4,11)8-6-7-9(2)3/h7-11H,4-6H2,1-3H3;5,7,11H,1,6,8H2,2-4H3. The average Bonchev–Trinajstić information content (AvgIpc) is 2.38. The first-order valence-corrected chi connectivity index (χ1v) is 8.76. The van der Waals surface area contributed by atoms with Gasteiger partial charge in [-0.05, 0) is 64.2 Å².